The van der Waals surface area contributed by atoms with Gasteiger partial charge in [-0.25, -0.2) is 9.13 Å². The molecule has 0 saturated carbocycles. The highest BCUT2D eigenvalue weighted by Crippen LogP contribution is 2.45. The van der Waals surface area contributed by atoms with Crippen LogP contribution in [0.2, 0.25) is 0 Å². The first-order valence-electron chi connectivity index (χ1n) is 38.1. The van der Waals surface area contributed by atoms with Crippen molar-refractivity contribution in [2.24, 2.45) is 0 Å². The van der Waals surface area contributed by atoms with E-state index < -0.39 is 97.5 Å². The van der Waals surface area contributed by atoms with Crippen LogP contribution in [-0.4, -0.2) is 96.7 Å². The summed E-state index contributed by atoms with van der Waals surface area (Å²) in [5.41, 5.74) is 0. The molecule has 0 heterocycles. The molecule has 3 N–H and O–H groups in total. The van der Waals surface area contributed by atoms with Gasteiger partial charge in [-0.15, -0.1) is 0 Å². The quantitative estimate of drug-likeness (QED) is 0.0169. The van der Waals surface area contributed by atoms with Gasteiger partial charge >= 0.3 is 39.5 Å². The number of carbonyl (C=O) groups is 4. The Kier molecular flexibility index (Phi) is 68.6. The molecule has 0 fully saturated rings. The van der Waals surface area contributed by atoms with E-state index in [0.717, 1.165) is 173 Å². The molecule has 0 bridgehead atoms. The molecule has 0 spiro atoms. The highest BCUT2D eigenvalue weighted by molar-refractivity contribution is 7.47. The second kappa shape index (κ2) is 72.3. The molecule has 5 atom stereocenters. The molecule has 570 valence electrons. The number of phosphoric acid groups is 2. The van der Waals surface area contributed by atoms with Crippen LogP contribution in [0.1, 0.15) is 285 Å². The van der Waals surface area contributed by atoms with Crippen molar-refractivity contribution >= 4 is 39.5 Å². The first-order valence-corrected chi connectivity index (χ1v) is 41.1. The minimum Gasteiger partial charge on any atom is -0.462 e. The maximum Gasteiger partial charge on any atom is 0.472 e. The Hall–Kier alpha value is -5.06. The fourth-order valence-electron chi connectivity index (χ4n) is 9.49. The predicted molar refractivity (Wildman–Crippen MR) is 408 cm³/mol. The number of hydrogen-bond donors (Lipinski definition) is 3. The van der Waals surface area contributed by atoms with Gasteiger partial charge in [0.1, 0.15) is 19.3 Å². The minimum absolute atomic E-state index is 0.0311. The van der Waals surface area contributed by atoms with Crippen molar-refractivity contribution in [3.05, 3.63) is 146 Å². The summed E-state index contributed by atoms with van der Waals surface area (Å²) in [7, 11) is -9.98. The van der Waals surface area contributed by atoms with Crippen LogP contribution in [0.15, 0.2) is 146 Å². The summed E-state index contributed by atoms with van der Waals surface area (Å²) in [4.78, 5) is 72.7. The van der Waals surface area contributed by atoms with Crippen molar-refractivity contribution in [2.45, 2.75) is 303 Å². The van der Waals surface area contributed by atoms with E-state index in [4.69, 9.17) is 37.0 Å². The smallest absolute Gasteiger partial charge is 0.462 e. The Labute approximate surface area is 605 Å². The van der Waals surface area contributed by atoms with Gasteiger partial charge in [-0.3, -0.25) is 37.3 Å². The standard InChI is InChI=1S/C81H134O17P2/c1-5-9-13-17-21-25-29-31-33-35-37-39-41-43-47-49-53-57-61-65-78(83)91-71-76(97-80(85)67-63-59-55-51-45-27-23-19-15-11-7-3)73-95-99(87,88)93-69-75(82)70-94-100(89,90)96-74-77(98-81(86)68-64-60-56-52-46-28-24-20-16-12-8-4)72-92-79(84)66-62-58-54-50-48-44-42-40-38-36-34-32-30-26-22-18-14-10-6-2/h9-10,13-14,19-26,31-34,37-40,43,47,53,57,75-77,82H,5-8,11-12,15-18,27-30,35-36,41-42,44-46,48-52,54-56,58-74H2,1-4H3,(H,87,88)(H,89,90)/b13-9-,14-10-,23-19-,24-20-,25-21-,26-22-,33-31-,34-32-,39-37-,40-38-,47-43-,57-53-. The van der Waals surface area contributed by atoms with E-state index in [0.29, 0.717) is 32.1 Å². The third-order valence-electron chi connectivity index (χ3n) is 15.3. The monoisotopic (exact) mass is 1440 g/mol. The summed E-state index contributed by atoms with van der Waals surface area (Å²) >= 11 is 0. The number of rotatable bonds is 70. The lowest BCUT2D eigenvalue weighted by Gasteiger charge is -2.21. The number of aliphatic hydroxyl groups is 1. The number of ether oxygens (including phenoxy) is 4. The second-order valence-corrected chi connectivity index (χ2v) is 27.7. The number of hydrogen-bond acceptors (Lipinski definition) is 15. The first-order chi connectivity index (χ1) is 48.7. The van der Waals surface area contributed by atoms with E-state index in [2.05, 4.69) is 155 Å². The van der Waals surface area contributed by atoms with Crippen LogP contribution < -0.4 is 0 Å². The number of esters is 4. The molecule has 17 nitrogen and oxygen atoms in total. The van der Waals surface area contributed by atoms with Crippen LogP contribution in [-0.2, 0) is 65.4 Å². The fourth-order valence-corrected chi connectivity index (χ4v) is 11.1. The SMILES string of the molecule is CC/C=C\C/C=C\C/C=C\C/C=C\C/C=C\C/C=C\CCC(=O)OCC(COP(=O)(O)OCC(O)COP(=O)(O)OCC(COC(=O)CCCCCCCC/C=C\C/C=C\C/C=C\C/C=C\CC)OC(=O)CCCCCCC/C=C\CCCC)OC(=O)CCCCCCC/C=C\CCCC. The Balaban J connectivity index is 5.36. The van der Waals surface area contributed by atoms with Crippen LogP contribution in [0.4, 0.5) is 0 Å². The largest absolute Gasteiger partial charge is 0.472 e. The number of unbranched alkanes of at least 4 members (excludes halogenated alkanes) is 20. The molecule has 5 unspecified atom stereocenters. The van der Waals surface area contributed by atoms with Crippen molar-refractivity contribution in [2.75, 3.05) is 39.6 Å². The average molecular weight is 1440 g/mol. The fraction of sp³-hybridized carbons (Fsp3) is 0.654. The summed E-state index contributed by atoms with van der Waals surface area (Å²) in [6, 6.07) is 0. The molecule has 0 saturated heterocycles. The van der Waals surface area contributed by atoms with Crippen molar-refractivity contribution in [1.29, 1.82) is 0 Å². The highest BCUT2D eigenvalue weighted by Gasteiger charge is 2.30. The molecular weight excluding hydrogens is 1310 g/mol. The average Bonchev–Trinajstić information content (AvgIpc) is 0.953. The van der Waals surface area contributed by atoms with Gasteiger partial charge < -0.3 is 33.8 Å². The molecule has 0 aliphatic rings. The zero-order chi connectivity index (χ0) is 73.2. The normalized spacial score (nSPS) is 14.8. The van der Waals surface area contributed by atoms with Gasteiger partial charge in [0.2, 0.25) is 0 Å². The van der Waals surface area contributed by atoms with Gasteiger partial charge in [-0.05, 0) is 141 Å². The molecule has 0 aromatic rings. The molecule has 0 aliphatic carbocycles. The Bertz CT molecular complexity index is 2470. The summed E-state index contributed by atoms with van der Waals surface area (Å²) < 4.78 is 68.3. The zero-order valence-electron chi connectivity index (χ0n) is 62.1. The molecule has 0 rings (SSSR count). The number of carbonyl (C=O) groups excluding carboxylic acids is 4. The highest BCUT2D eigenvalue weighted by atomic mass is 31.2. The van der Waals surface area contributed by atoms with Crippen LogP contribution >= 0.6 is 15.6 Å². The molecule has 19 heteroatoms. The Morgan fingerprint density at radius 3 is 0.870 bits per heavy atom. The van der Waals surface area contributed by atoms with Gasteiger partial charge in [0.05, 0.1) is 26.4 Å². The van der Waals surface area contributed by atoms with Crippen LogP contribution in [0.5, 0.6) is 0 Å². The van der Waals surface area contributed by atoms with Crippen molar-refractivity contribution < 1.29 is 80.2 Å². The van der Waals surface area contributed by atoms with Gasteiger partial charge in [0, 0.05) is 25.7 Å². The molecule has 100 heavy (non-hydrogen) atoms. The lowest BCUT2D eigenvalue weighted by Crippen LogP contribution is -2.30. The summed E-state index contributed by atoms with van der Waals surface area (Å²) in [5, 5.41) is 10.6. The predicted octanol–water partition coefficient (Wildman–Crippen LogP) is 21.9. The Morgan fingerprint density at radius 2 is 0.540 bits per heavy atom. The van der Waals surface area contributed by atoms with E-state index >= 15 is 0 Å². The summed E-state index contributed by atoms with van der Waals surface area (Å²) in [6.45, 7) is 4.42. The lowest BCUT2D eigenvalue weighted by atomic mass is 10.1. The minimum atomic E-state index is -4.99. The van der Waals surface area contributed by atoms with E-state index in [9.17, 15) is 43.2 Å². The van der Waals surface area contributed by atoms with E-state index in [-0.39, 0.29) is 25.7 Å². The molecule has 0 aliphatic heterocycles. The number of allylic oxidation sites excluding steroid dienone is 24. The van der Waals surface area contributed by atoms with Gasteiger partial charge in [0.15, 0.2) is 12.2 Å². The van der Waals surface area contributed by atoms with Crippen molar-refractivity contribution in [1.82, 2.24) is 0 Å². The molecular formula is C81H134O17P2. The number of aliphatic hydroxyl groups excluding tert-OH is 1. The summed E-state index contributed by atoms with van der Waals surface area (Å²) in [6.07, 6.45) is 81.5. The number of phosphoric ester groups is 2. The van der Waals surface area contributed by atoms with Gasteiger partial charge in [-0.2, -0.15) is 0 Å². The zero-order valence-corrected chi connectivity index (χ0v) is 63.9. The molecule has 0 aromatic heterocycles. The second-order valence-electron chi connectivity index (χ2n) is 24.8. The van der Waals surface area contributed by atoms with E-state index in [1.54, 1.807) is 0 Å². The maximum atomic E-state index is 13.1. The van der Waals surface area contributed by atoms with Gasteiger partial charge in [0.25, 0.3) is 0 Å². The third-order valence-corrected chi connectivity index (χ3v) is 17.2. The van der Waals surface area contributed by atoms with Crippen LogP contribution in [0.25, 0.3) is 0 Å². The van der Waals surface area contributed by atoms with Gasteiger partial charge in [-0.1, -0.05) is 263 Å². The van der Waals surface area contributed by atoms with Crippen LogP contribution in [0, 0.1) is 0 Å². The molecule has 0 aromatic carbocycles. The molecule has 0 radical (unpaired) electrons. The lowest BCUT2D eigenvalue weighted by molar-refractivity contribution is -0.161. The molecule has 0 amide bonds. The van der Waals surface area contributed by atoms with Crippen molar-refractivity contribution in [3.63, 3.8) is 0 Å². The van der Waals surface area contributed by atoms with Crippen LogP contribution in [0.3, 0.4) is 0 Å². The van der Waals surface area contributed by atoms with Crippen molar-refractivity contribution in [3.8, 4) is 0 Å². The maximum absolute atomic E-state index is 13.1. The van der Waals surface area contributed by atoms with E-state index in [1.165, 1.54) is 25.7 Å². The van der Waals surface area contributed by atoms with E-state index in [1.807, 2.05) is 18.2 Å². The topological polar surface area (TPSA) is 237 Å². The third kappa shape index (κ3) is 71.3. The first kappa shape index (κ1) is 94.9. The summed E-state index contributed by atoms with van der Waals surface area (Å²) in [5.74, 6) is -2.32. The Morgan fingerprint density at radius 1 is 0.290 bits per heavy atom.